The molecule has 2 unspecified atom stereocenters. The molecule has 0 spiro atoms. The molecule has 0 aromatic heterocycles. The zero-order chi connectivity index (χ0) is 17.8. The van der Waals surface area contributed by atoms with Crippen molar-refractivity contribution >= 4 is 11.8 Å². The molecule has 7 nitrogen and oxygen atoms in total. The minimum atomic E-state index is 0.0472. The Hall–Kier alpha value is -1.18. The van der Waals surface area contributed by atoms with Gasteiger partial charge in [0.05, 0.1) is 5.92 Å². The average Bonchev–Trinajstić information content (AvgIpc) is 2.61. The van der Waals surface area contributed by atoms with Gasteiger partial charge in [-0.1, -0.05) is 13.8 Å². The van der Waals surface area contributed by atoms with Gasteiger partial charge in [-0.25, -0.2) is 5.43 Å². The second-order valence-corrected chi connectivity index (χ2v) is 8.14. The minimum Gasteiger partial charge on any atom is -0.340 e. The van der Waals surface area contributed by atoms with Crippen molar-refractivity contribution in [2.75, 3.05) is 52.4 Å². The maximum absolute atomic E-state index is 13.0. The molecular formula is C18H33N5O2. The van der Waals surface area contributed by atoms with Crippen LogP contribution in [0.3, 0.4) is 0 Å². The van der Waals surface area contributed by atoms with Gasteiger partial charge in [0.1, 0.15) is 0 Å². The normalized spacial score (nSPS) is 29.7. The van der Waals surface area contributed by atoms with Crippen molar-refractivity contribution in [3.05, 3.63) is 0 Å². The molecule has 2 N–H and O–H groups in total. The number of rotatable bonds is 4. The third-order valence-electron chi connectivity index (χ3n) is 5.61. The van der Waals surface area contributed by atoms with E-state index in [9.17, 15) is 9.59 Å². The van der Waals surface area contributed by atoms with E-state index in [1.807, 2.05) is 0 Å². The molecule has 0 aromatic carbocycles. The van der Waals surface area contributed by atoms with Gasteiger partial charge in [0, 0.05) is 58.3 Å². The van der Waals surface area contributed by atoms with Crippen molar-refractivity contribution in [3.63, 3.8) is 0 Å². The monoisotopic (exact) mass is 351 g/mol. The Balaban J connectivity index is 1.49. The van der Waals surface area contributed by atoms with Crippen LogP contribution in [0, 0.1) is 11.8 Å². The van der Waals surface area contributed by atoms with Crippen molar-refractivity contribution in [2.45, 2.75) is 39.2 Å². The largest absolute Gasteiger partial charge is 0.340 e. The molecule has 2 amide bonds. The molecule has 3 fully saturated rings. The van der Waals surface area contributed by atoms with Crippen molar-refractivity contribution in [2.24, 2.45) is 11.8 Å². The fraction of sp³-hybridized carbons (Fsp3) is 0.889. The zero-order valence-electron chi connectivity index (χ0n) is 15.7. The molecular weight excluding hydrogens is 318 g/mol. The van der Waals surface area contributed by atoms with Crippen LogP contribution >= 0.6 is 0 Å². The first-order valence-electron chi connectivity index (χ1n) is 9.80. The van der Waals surface area contributed by atoms with Gasteiger partial charge in [-0.15, -0.1) is 0 Å². The van der Waals surface area contributed by atoms with Crippen LogP contribution in [0.2, 0.25) is 0 Å². The first kappa shape index (κ1) is 18.6. The van der Waals surface area contributed by atoms with Crippen LogP contribution in [0.25, 0.3) is 0 Å². The van der Waals surface area contributed by atoms with Gasteiger partial charge in [-0.2, -0.15) is 0 Å². The van der Waals surface area contributed by atoms with Gasteiger partial charge >= 0.3 is 0 Å². The van der Waals surface area contributed by atoms with Gasteiger partial charge in [0.2, 0.25) is 11.8 Å². The summed E-state index contributed by atoms with van der Waals surface area (Å²) in [6, 6.07) is 0.215. The molecule has 0 aromatic rings. The van der Waals surface area contributed by atoms with E-state index in [1.165, 1.54) is 0 Å². The number of amides is 2. The average molecular weight is 351 g/mol. The fourth-order valence-corrected chi connectivity index (χ4v) is 4.33. The van der Waals surface area contributed by atoms with Crippen LogP contribution in [0.15, 0.2) is 0 Å². The number of nitrogens with zero attached hydrogens (tertiary/aromatic N) is 3. The Kier molecular flexibility index (Phi) is 6.30. The van der Waals surface area contributed by atoms with Crippen LogP contribution in [0.1, 0.15) is 33.1 Å². The second kappa shape index (κ2) is 8.47. The highest BCUT2D eigenvalue weighted by Crippen LogP contribution is 2.23. The molecule has 2 atom stereocenters. The van der Waals surface area contributed by atoms with Gasteiger partial charge in [0.25, 0.3) is 0 Å². The topological polar surface area (TPSA) is 67.9 Å². The first-order valence-corrected chi connectivity index (χ1v) is 9.80. The Labute approximate surface area is 151 Å². The Morgan fingerprint density at radius 3 is 2.64 bits per heavy atom. The van der Waals surface area contributed by atoms with Crippen LogP contribution < -0.4 is 10.9 Å². The molecule has 3 saturated heterocycles. The van der Waals surface area contributed by atoms with E-state index in [4.69, 9.17) is 0 Å². The van der Waals surface area contributed by atoms with E-state index >= 15 is 0 Å². The maximum atomic E-state index is 13.0. The summed E-state index contributed by atoms with van der Waals surface area (Å²) in [6.07, 6.45) is 2.55. The number of carbonyl (C=O) groups is 2. The standard InChI is InChI=1S/C18H33N5O2/c1-14(2)12-21-6-8-22(9-7-21)18(25)15-4-3-5-23(13-15)16-10-17(24)20-19-11-16/h14-16,19H,3-13H2,1-2H3,(H,20,24). The summed E-state index contributed by atoms with van der Waals surface area (Å²) in [5.41, 5.74) is 5.63. The number of hydrazine groups is 1. The fourth-order valence-electron chi connectivity index (χ4n) is 4.33. The Morgan fingerprint density at radius 2 is 1.96 bits per heavy atom. The third-order valence-corrected chi connectivity index (χ3v) is 5.61. The summed E-state index contributed by atoms with van der Waals surface area (Å²) >= 11 is 0. The van der Waals surface area contributed by atoms with E-state index in [0.29, 0.717) is 18.2 Å². The zero-order valence-corrected chi connectivity index (χ0v) is 15.7. The van der Waals surface area contributed by atoms with Gasteiger partial charge < -0.3 is 4.90 Å². The van der Waals surface area contributed by atoms with Crippen molar-refractivity contribution in [3.8, 4) is 0 Å². The van der Waals surface area contributed by atoms with E-state index in [0.717, 1.165) is 65.2 Å². The molecule has 25 heavy (non-hydrogen) atoms. The first-order chi connectivity index (χ1) is 12.0. The summed E-state index contributed by atoms with van der Waals surface area (Å²) in [6.45, 7) is 11.9. The Bertz CT molecular complexity index is 476. The number of hydrogen-bond donors (Lipinski definition) is 2. The number of nitrogens with one attached hydrogen (secondary N) is 2. The number of likely N-dealkylation sites (tertiary alicyclic amines) is 1. The summed E-state index contributed by atoms with van der Waals surface area (Å²) in [5.74, 6) is 1.14. The molecule has 0 saturated carbocycles. The predicted molar refractivity (Wildman–Crippen MR) is 96.7 cm³/mol. The Morgan fingerprint density at radius 1 is 1.20 bits per heavy atom. The number of piperazine rings is 1. The summed E-state index contributed by atoms with van der Waals surface area (Å²) in [4.78, 5) is 31.4. The quantitative estimate of drug-likeness (QED) is 0.740. The van der Waals surface area contributed by atoms with E-state index in [2.05, 4.69) is 39.4 Å². The number of carbonyl (C=O) groups excluding carboxylic acids is 2. The van der Waals surface area contributed by atoms with Gasteiger partial charge in [-0.3, -0.25) is 24.8 Å². The minimum absolute atomic E-state index is 0.0472. The highest BCUT2D eigenvalue weighted by molar-refractivity contribution is 5.79. The molecule has 3 aliphatic rings. The highest BCUT2D eigenvalue weighted by atomic mass is 16.2. The van der Waals surface area contributed by atoms with Crippen molar-refractivity contribution < 1.29 is 9.59 Å². The predicted octanol–water partition coefficient (Wildman–Crippen LogP) is -0.108. The highest BCUT2D eigenvalue weighted by Gasteiger charge is 2.34. The van der Waals surface area contributed by atoms with Gasteiger partial charge in [-0.05, 0) is 25.3 Å². The SMILES string of the molecule is CC(C)CN1CCN(C(=O)C2CCCN(C3CNNC(=O)C3)C2)CC1. The molecule has 7 heteroatoms. The van der Waals surface area contributed by atoms with Crippen molar-refractivity contribution in [1.82, 2.24) is 25.6 Å². The van der Waals surface area contributed by atoms with Gasteiger partial charge in [0.15, 0.2) is 0 Å². The molecule has 142 valence electrons. The molecule has 0 aliphatic carbocycles. The van der Waals surface area contributed by atoms with E-state index < -0.39 is 0 Å². The van der Waals surface area contributed by atoms with Crippen LogP contribution in [-0.4, -0.2) is 84.9 Å². The molecule has 0 bridgehead atoms. The lowest BCUT2D eigenvalue weighted by atomic mass is 9.94. The maximum Gasteiger partial charge on any atom is 0.235 e. The van der Waals surface area contributed by atoms with Crippen LogP contribution in [0.4, 0.5) is 0 Å². The van der Waals surface area contributed by atoms with Crippen LogP contribution in [0.5, 0.6) is 0 Å². The van der Waals surface area contributed by atoms with E-state index in [1.54, 1.807) is 0 Å². The van der Waals surface area contributed by atoms with Crippen LogP contribution in [-0.2, 0) is 9.59 Å². The molecule has 3 aliphatic heterocycles. The lowest BCUT2D eigenvalue weighted by Gasteiger charge is -2.42. The number of piperidine rings is 1. The molecule has 0 radical (unpaired) electrons. The lowest BCUT2D eigenvalue weighted by molar-refractivity contribution is -0.139. The van der Waals surface area contributed by atoms with E-state index in [-0.39, 0.29) is 17.9 Å². The number of hydrogen-bond acceptors (Lipinski definition) is 5. The summed E-state index contributed by atoms with van der Waals surface area (Å²) < 4.78 is 0. The summed E-state index contributed by atoms with van der Waals surface area (Å²) in [7, 11) is 0. The molecule has 3 rings (SSSR count). The summed E-state index contributed by atoms with van der Waals surface area (Å²) in [5, 5.41) is 0. The molecule has 3 heterocycles. The van der Waals surface area contributed by atoms with Crippen molar-refractivity contribution in [1.29, 1.82) is 0 Å². The lowest BCUT2D eigenvalue weighted by Crippen LogP contribution is -2.58. The smallest absolute Gasteiger partial charge is 0.235 e. The second-order valence-electron chi connectivity index (χ2n) is 8.14. The third kappa shape index (κ3) is 4.92.